The summed E-state index contributed by atoms with van der Waals surface area (Å²) in [6.07, 6.45) is 3.28. The van der Waals surface area contributed by atoms with Gasteiger partial charge in [-0.3, -0.25) is 9.78 Å². The molecule has 2 aromatic rings. The first kappa shape index (κ1) is 15.0. The fraction of sp³-hybridized carbons (Fsp3) is 0.250. The Balaban J connectivity index is 2.20. The minimum Gasteiger partial charge on any atom is -0.399 e. The van der Waals surface area contributed by atoms with Gasteiger partial charge in [0.1, 0.15) is 0 Å². The molecule has 0 atom stereocenters. The Morgan fingerprint density at radius 1 is 1.29 bits per heavy atom. The zero-order valence-corrected chi connectivity index (χ0v) is 11.9. The average molecular weight is 287 g/mol. The van der Waals surface area contributed by atoms with E-state index in [0.717, 1.165) is 18.2 Å². The number of benzene rings is 1. The van der Waals surface area contributed by atoms with E-state index < -0.39 is 5.82 Å². The monoisotopic (exact) mass is 287 g/mol. The molecule has 0 spiro atoms. The number of aromatic nitrogens is 1. The van der Waals surface area contributed by atoms with Crippen molar-refractivity contribution in [2.24, 2.45) is 0 Å². The Kier molecular flexibility index (Phi) is 4.87. The molecule has 4 nitrogen and oxygen atoms in total. The van der Waals surface area contributed by atoms with Crippen molar-refractivity contribution < 1.29 is 9.18 Å². The Morgan fingerprint density at radius 3 is 2.62 bits per heavy atom. The molecule has 0 aliphatic rings. The summed E-state index contributed by atoms with van der Waals surface area (Å²) >= 11 is 0. The van der Waals surface area contributed by atoms with Crippen molar-refractivity contribution >= 4 is 11.6 Å². The molecule has 0 saturated carbocycles. The molecule has 0 saturated heterocycles. The van der Waals surface area contributed by atoms with Gasteiger partial charge >= 0.3 is 0 Å². The van der Waals surface area contributed by atoms with E-state index in [4.69, 9.17) is 5.73 Å². The van der Waals surface area contributed by atoms with Crippen LogP contribution < -0.4 is 5.73 Å². The molecule has 5 heteroatoms. The molecule has 21 heavy (non-hydrogen) atoms. The van der Waals surface area contributed by atoms with E-state index in [1.165, 1.54) is 12.3 Å². The first-order valence-corrected chi connectivity index (χ1v) is 6.85. The highest BCUT2D eigenvalue weighted by Gasteiger charge is 2.18. The van der Waals surface area contributed by atoms with Gasteiger partial charge in [-0.05, 0) is 30.2 Å². The lowest BCUT2D eigenvalue weighted by Crippen LogP contribution is -2.32. The molecule has 0 bridgehead atoms. The third-order valence-electron chi connectivity index (χ3n) is 3.14. The normalized spacial score (nSPS) is 10.4. The highest BCUT2D eigenvalue weighted by Crippen LogP contribution is 2.14. The molecule has 1 heterocycles. The Labute approximate surface area is 123 Å². The maximum absolute atomic E-state index is 13.7. The second-order valence-electron chi connectivity index (χ2n) is 4.82. The summed E-state index contributed by atoms with van der Waals surface area (Å²) in [5.74, 6) is -0.922. The van der Waals surface area contributed by atoms with E-state index in [-0.39, 0.29) is 11.5 Å². The standard InChI is InChI=1S/C16H18FN3O/c1-2-9-20(11-12-3-5-13(18)6-4-12)16(21)14-7-8-19-10-15(14)17/h3-8,10H,2,9,11,18H2,1H3. The first-order chi connectivity index (χ1) is 10.1. The number of amides is 1. The maximum atomic E-state index is 13.7. The third-order valence-corrected chi connectivity index (χ3v) is 3.14. The van der Waals surface area contributed by atoms with Crippen LogP contribution in [0.2, 0.25) is 0 Å². The fourth-order valence-corrected chi connectivity index (χ4v) is 2.08. The molecule has 1 amide bonds. The summed E-state index contributed by atoms with van der Waals surface area (Å²) in [5, 5.41) is 0. The molecule has 0 radical (unpaired) electrons. The van der Waals surface area contributed by atoms with Crippen molar-refractivity contribution in [3.63, 3.8) is 0 Å². The van der Waals surface area contributed by atoms with Crippen LogP contribution in [0.25, 0.3) is 0 Å². The van der Waals surface area contributed by atoms with Crippen molar-refractivity contribution in [1.29, 1.82) is 0 Å². The van der Waals surface area contributed by atoms with Gasteiger partial charge in [0.05, 0.1) is 11.8 Å². The minimum atomic E-state index is -0.596. The number of hydrogen-bond donors (Lipinski definition) is 1. The molecule has 2 N–H and O–H groups in total. The molecule has 1 aromatic heterocycles. The predicted molar refractivity (Wildman–Crippen MR) is 80.1 cm³/mol. The SMILES string of the molecule is CCCN(Cc1ccc(N)cc1)C(=O)c1ccncc1F. The highest BCUT2D eigenvalue weighted by atomic mass is 19.1. The number of hydrogen-bond acceptors (Lipinski definition) is 3. The second-order valence-corrected chi connectivity index (χ2v) is 4.82. The number of halogens is 1. The van der Waals surface area contributed by atoms with Gasteiger partial charge in [-0.15, -0.1) is 0 Å². The predicted octanol–water partition coefficient (Wildman–Crippen LogP) is 2.86. The van der Waals surface area contributed by atoms with E-state index >= 15 is 0 Å². The third kappa shape index (κ3) is 3.78. The lowest BCUT2D eigenvalue weighted by Gasteiger charge is -2.22. The maximum Gasteiger partial charge on any atom is 0.257 e. The lowest BCUT2D eigenvalue weighted by atomic mass is 10.1. The van der Waals surface area contributed by atoms with Gasteiger partial charge in [-0.2, -0.15) is 0 Å². The van der Waals surface area contributed by atoms with Gasteiger partial charge in [-0.25, -0.2) is 4.39 Å². The van der Waals surface area contributed by atoms with Crippen molar-refractivity contribution in [2.75, 3.05) is 12.3 Å². The van der Waals surface area contributed by atoms with Crippen LogP contribution in [0.4, 0.5) is 10.1 Å². The number of pyridine rings is 1. The molecular formula is C16H18FN3O. The van der Waals surface area contributed by atoms with Crippen LogP contribution in [0.15, 0.2) is 42.7 Å². The number of nitrogens with two attached hydrogens (primary N) is 1. The lowest BCUT2D eigenvalue weighted by molar-refractivity contribution is 0.0738. The Hall–Kier alpha value is -2.43. The van der Waals surface area contributed by atoms with Crippen LogP contribution in [0, 0.1) is 5.82 Å². The van der Waals surface area contributed by atoms with Crippen LogP contribution in [-0.4, -0.2) is 22.3 Å². The van der Waals surface area contributed by atoms with Gasteiger partial charge in [0.2, 0.25) is 0 Å². The van der Waals surface area contributed by atoms with Crippen molar-refractivity contribution in [2.45, 2.75) is 19.9 Å². The number of rotatable bonds is 5. The van der Waals surface area contributed by atoms with Crippen LogP contribution in [0.3, 0.4) is 0 Å². The van der Waals surface area contributed by atoms with Crippen LogP contribution in [0.1, 0.15) is 29.3 Å². The van der Waals surface area contributed by atoms with Crippen molar-refractivity contribution in [1.82, 2.24) is 9.88 Å². The highest BCUT2D eigenvalue weighted by molar-refractivity contribution is 5.94. The summed E-state index contributed by atoms with van der Waals surface area (Å²) in [6, 6.07) is 8.72. The van der Waals surface area contributed by atoms with E-state index in [1.807, 2.05) is 19.1 Å². The van der Waals surface area contributed by atoms with Crippen molar-refractivity contribution in [3.05, 3.63) is 59.7 Å². The number of carbonyl (C=O) groups is 1. The molecular weight excluding hydrogens is 269 g/mol. The zero-order chi connectivity index (χ0) is 15.2. The number of nitrogen functional groups attached to an aromatic ring is 1. The van der Waals surface area contributed by atoms with Gasteiger partial charge < -0.3 is 10.6 Å². The average Bonchev–Trinajstić information content (AvgIpc) is 2.49. The summed E-state index contributed by atoms with van der Waals surface area (Å²) in [5.41, 5.74) is 7.33. The topological polar surface area (TPSA) is 59.2 Å². The number of carbonyl (C=O) groups excluding carboxylic acids is 1. The minimum absolute atomic E-state index is 0.0499. The smallest absolute Gasteiger partial charge is 0.257 e. The molecule has 110 valence electrons. The van der Waals surface area contributed by atoms with Crippen LogP contribution in [-0.2, 0) is 6.54 Å². The Bertz CT molecular complexity index is 613. The van der Waals surface area contributed by atoms with Gasteiger partial charge in [0, 0.05) is 25.0 Å². The summed E-state index contributed by atoms with van der Waals surface area (Å²) in [6.45, 7) is 2.96. The summed E-state index contributed by atoms with van der Waals surface area (Å²) in [7, 11) is 0. The number of anilines is 1. The quantitative estimate of drug-likeness (QED) is 0.860. The summed E-state index contributed by atoms with van der Waals surface area (Å²) < 4.78 is 13.7. The van der Waals surface area contributed by atoms with Crippen LogP contribution in [0.5, 0.6) is 0 Å². The largest absolute Gasteiger partial charge is 0.399 e. The summed E-state index contributed by atoms with van der Waals surface area (Å²) in [4.78, 5) is 17.8. The number of nitrogens with zero attached hydrogens (tertiary/aromatic N) is 2. The fourth-order valence-electron chi connectivity index (χ4n) is 2.08. The van der Waals surface area contributed by atoms with E-state index in [0.29, 0.717) is 18.8 Å². The van der Waals surface area contributed by atoms with Crippen molar-refractivity contribution in [3.8, 4) is 0 Å². The molecule has 1 aromatic carbocycles. The molecule has 0 unspecified atom stereocenters. The van der Waals surface area contributed by atoms with E-state index in [9.17, 15) is 9.18 Å². The van der Waals surface area contributed by atoms with Gasteiger partial charge in [-0.1, -0.05) is 19.1 Å². The van der Waals surface area contributed by atoms with Gasteiger partial charge in [0.25, 0.3) is 5.91 Å². The molecule has 2 rings (SSSR count). The van der Waals surface area contributed by atoms with Crippen LogP contribution >= 0.6 is 0 Å². The second kappa shape index (κ2) is 6.83. The molecule has 0 aliphatic carbocycles. The molecule has 0 aliphatic heterocycles. The zero-order valence-electron chi connectivity index (χ0n) is 11.9. The van der Waals surface area contributed by atoms with Gasteiger partial charge in [0.15, 0.2) is 5.82 Å². The molecule has 0 fully saturated rings. The Morgan fingerprint density at radius 2 is 2.00 bits per heavy atom. The first-order valence-electron chi connectivity index (χ1n) is 6.85. The van der Waals surface area contributed by atoms with E-state index in [2.05, 4.69) is 4.98 Å². The van der Waals surface area contributed by atoms with E-state index in [1.54, 1.807) is 17.0 Å².